The number of nitrogens with zero attached hydrogens (tertiary/aromatic N) is 1. The van der Waals surface area contributed by atoms with Crippen molar-refractivity contribution in [2.45, 2.75) is 19.4 Å². The summed E-state index contributed by atoms with van der Waals surface area (Å²) >= 11 is 0. The van der Waals surface area contributed by atoms with E-state index in [1.54, 1.807) is 0 Å². The van der Waals surface area contributed by atoms with Gasteiger partial charge in [0.05, 0.1) is 30.9 Å². The van der Waals surface area contributed by atoms with Crippen LogP contribution in [-0.2, 0) is 4.74 Å². The molecule has 1 aromatic heterocycles. The van der Waals surface area contributed by atoms with Crippen LogP contribution >= 0.6 is 0 Å². The number of pyridine rings is 1. The summed E-state index contributed by atoms with van der Waals surface area (Å²) < 4.78 is 18.9. The quantitative estimate of drug-likeness (QED) is 0.805. The van der Waals surface area contributed by atoms with E-state index in [-0.39, 0.29) is 23.3 Å². The van der Waals surface area contributed by atoms with Gasteiger partial charge < -0.3 is 10.1 Å². The highest BCUT2D eigenvalue weighted by molar-refractivity contribution is 5.98. The molecule has 2 rings (SSSR count). The summed E-state index contributed by atoms with van der Waals surface area (Å²) in [4.78, 5) is 15.9. The third kappa shape index (κ3) is 2.73. The zero-order chi connectivity index (χ0) is 13.0. The lowest BCUT2D eigenvalue weighted by Crippen LogP contribution is -2.39. The lowest BCUT2D eigenvalue weighted by atomic mass is 9.93. The normalized spacial score (nSPS) is 23.2. The van der Waals surface area contributed by atoms with Crippen LogP contribution in [-0.4, -0.2) is 36.6 Å². The molecular formula is C13H17FN2O2. The molecule has 0 aliphatic carbocycles. The Hall–Kier alpha value is -1.33. The lowest BCUT2D eigenvalue weighted by molar-refractivity contribution is 0.0887. The Morgan fingerprint density at radius 1 is 1.61 bits per heavy atom. The smallest absolute Gasteiger partial charge is 0.172 e. The van der Waals surface area contributed by atoms with E-state index >= 15 is 0 Å². The number of rotatable bonds is 5. The van der Waals surface area contributed by atoms with Gasteiger partial charge in [-0.25, -0.2) is 4.39 Å². The number of nitrogens with one attached hydrogen (secondary N) is 1. The largest absolute Gasteiger partial charge is 0.379 e. The maximum Gasteiger partial charge on any atom is 0.172 e. The Balaban J connectivity index is 2.10. The molecule has 0 amide bonds. The van der Waals surface area contributed by atoms with Gasteiger partial charge in [-0.1, -0.05) is 6.92 Å². The van der Waals surface area contributed by atoms with E-state index < -0.39 is 5.82 Å². The SMILES string of the molecule is CCCNC1COCC1C(=O)c1ccncc1F. The fraction of sp³-hybridized carbons (Fsp3) is 0.538. The third-order valence-corrected chi connectivity index (χ3v) is 3.11. The van der Waals surface area contributed by atoms with Crippen molar-refractivity contribution >= 4 is 5.78 Å². The Morgan fingerprint density at radius 2 is 2.44 bits per heavy atom. The molecule has 0 aromatic carbocycles. The van der Waals surface area contributed by atoms with Crippen molar-refractivity contribution in [3.05, 3.63) is 29.8 Å². The van der Waals surface area contributed by atoms with Crippen molar-refractivity contribution in [1.82, 2.24) is 10.3 Å². The van der Waals surface area contributed by atoms with Gasteiger partial charge in [-0.15, -0.1) is 0 Å². The maximum atomic E-state index is 13.5. The molecule has 0 saturated carbocycles. The molecule has 98 valence electrons. The van der Waals surface area contributed by atoms with E-state index in [1.165, 1.54) is 12.3 Å². The second-order valence-electron chi connectivity index (χ2n) is 4.42. The first-order valence-corrected chi connectivity index (χ1v) is 6.19. The molecule has 18 heavy (non-hydrogen) atoms. The molecule has 4 nitrogen and oxygen atoms in total. The molecule has 0 bridgehead atoms. The van der Waals surface area contributed by atoms with Gasteiger partial charge in [0.1, 0.15) is 0 Å². The second-order valence-corrected chi connectivity index (χ2v) is 4.42. The predicted molar refractivity (Wildman–Crippen MR) is 64.9 cm³/mol. The number of carbonyl (C=O) groups is 1. The molecule has 1 aromatic rings. The van der Waals surface area contributed by atoms with Crippen LogP contribution in [0.4, 0.5) is 4.39 Å². The minimum absolute atomic E-state index is 0.0231. The number of Topliss-reactive ketones (excluding diaryl/α,β-unsaturated/α-hetero) is 1. The Bertz CT molecular complexity index is 425. The average molecular weight is 252 g/mol. The van der Waals surface area contributed by atoms with E-state index in [1.807, 2.05) is 0 Å². The first kappa shape index (κ1) is 13.1. The first-order chi connectivity index (χ1) is 8.74. The minimum atomic E-state index is -0.566. The van der Waals surface area contributed by atoms with Gasteiger partial charge in [0, 0.05) is 12.2 Å². The molecule has 2 heterocycles. The summed E-state index contributed by atoms with van der Waals surface area (Å²) in [5.74, 6) is -1.09. The summed E-state index contributed by atoms with van der Waals surface area (Å²) in [5, 5.41) is 3.27. The van der Waals surface area contributed by atoms with Crippen LogP contribution in [0.2, 0.25) is 0 Å². The summed E-state index contributed by atoms with van der Waals surface area (Å²) in [7, 11) is 0. The van der Waals surface area contributed by atoms with Crippen LogP contribution in [0.15, 0.2) is 18.5 Å². The Kier molecular flexibility index (Phi) is 4.38. The van der Waals surface area contributed by atoms with E-state index in [2.05, 4.69) is 17.2 Å². The summed E-state index contributed by atoms with van der Waals surface area (Å²) in [6.45, 7) is 3.74. The van der Waals surface area contributed by atoms with Gasteiger partial charge in [0.15, 0.2) is 11.6 Å². The standard InChI is InChI=1S/C13H17FN2O2/c1-2-4-16-12-8-18-7-10(12)13(17)9-3-5-15-6-11(9)14/h3,5-6,10,12,16H,2,4,7-8H2,1H3. The third-order valence-electron chi connectivity index (χ3n) is 3.11. The highest BCUT2D eigenvalue weighted by Gasteiger charge is 2.35. The maximum absolute atomic E-state index is 13.5. The number of carbonyl (C=O) groups excluding carboxylic acids is 1. The first-order valence-electron chi connectivity index (χ1n) is 6.19. The molecule has 1 fully saturated rings. The van der Waals surface area contributed by atoms with Crippen molar-refractivity contribution in [1.29, 1.82) is 0 Å². The lowest BCUT2D eigenvalue weighted by Gasteiger charge is -2.17. The van der Waals surface area contributed by atoms with E-state index in [9.17, 15) is 9.18 Å². The second kappa shape index (κ2) is 6.02. The van der Waals surface area contributed by atoms with Crippen molar-refractivity contribution in [3.8, 4) is 0 Å². The van der Waals surface area contributed by atoms with E-state index in [4.69, 9.17) is 4.74 Å². The zero-order valence-electron chi connectivity index (χ0n) is 10.4. The van der Waals surface area contributed by atoms with Crippen LogP contribution in [0.5, 0.6) is 0 Å². The molecule has 5 heteroatoms. The van der Waals surface area contributed by atoms with Crippen LogP contribution < -0.4 is 5.32 Å². The molecule has 1 N–H and O–H groups in total. The van der Waals surface area contributed by atoms with Gasteiger partial charge >= 0.3 is 0 Å². The number of hydrogen-bond acceptors (Lipinski definition) is 4. The van der Waals surface area contributed by atoms with E-state index in [0.29, 0.717) is 13.2 Å². The monoisotopic (exact) mass is 252 g/mol. The number of hydrogen-bond donors (Lipinski definition) is 1. The minimum Gasteiger partial charge on any atom is -0.379 e. The van der Waals surface area contributed by atoms with Gasteiger partial charge in [0.25, 0.3) is 0 Å². The number of ether oxygens (including phenoxy) is 1. The van der Waals surface area contributed by atoms with Gasteiger partial charge in [0.2, 0.25) is 0 Å². The highest BCUT2D eigenvalue weighted by Crippen LogP contribution is 2.20. The van der Waals surface area contributed by atoms with E-state index in [0.717, 1.165) is 19.2 Å². The molecule has 0 spiro atoms. The van der Waals surface area contributed by atoms with Crippen LogP contribution in [0.1, 0.15) is 23.7 Å². The van der Waals surface area contributed by atoms with Gasteiger partial charge in [-0.3, -0.25) is 9.78 Å². The van der Waals surface area contributed by atoms with Gasteiger partial charge in [-0.05, 0) is 19.0 Å². The molecule has 1 saturated heterocycles. The molecule has 2 atom stereocenters. The van der Waals surface area contributed by atoms with Crippen molar-refractivity contribution in [2.75, 3.05) is 19.8 Å². The Labute approximate surface area is 106 Å². The average Bonchev–Trinajstić information content (AvgIpc) is 2.84. The van der Waals surface area contributed by atoms with Crippen LogP contribution in [0.3, 0.4) is 0 Å². The van der Waals surface area contributed by atoms with Gasteiger partial charge in [-0.2, -0.15) is 0 Å². The molecule has 0 radical (unpaired) electrons. The van der Waals surface area contributed by atoms with Crippen molar-refractivity contribution in [3.63, 3.8) is 0 Å². The molecular weight excluding hydrogens is 235 g/mol. The fourth-order valence-corrected chi connectivity index (χ4v) is 2.12. The predicted octanol–water partition coefficient (Wildman–Crippen LogP) is 1.42. The number of halogens is 1. The summed E-state index contributed by atoms with van der Waals surface area (Å²) in [6, 6.07) is 1.40. The van der Waals surface area contributed by atoms with Crippen LogP contribution in [0, 0.1) is 11.7 Å². The van der Waals surface area contributed by atoms with Crippen molar-refractivity contribution in [2.24, 2.45) is 5.92 Å². The summed E-state index contributed by atoms with van der Waals surface area (Å²) in [5.41, 5.74) is 0.101. The molecule has 2 unspecified atom stereocenters. The highest BCUT2D eigenvalue weighted by atomic mass is 19.1. The zero-order valence-corrected chi connectivity index (χ0v) is 10.4. The fourth-order valence-electron chi connectivity index (χ4n) is 2.12. The number of aromatic nitrogens is 1. The molecule has 1 aliphatic heterocycles. The number of ketones is 1. The summed E-state index contributed by atoms with van der Waals surface area (Å²) in [6.07, 6.45) is 3.49. The Morgan fingerprint density at radius 3 is 3.17 bits per heavy atom. The topological polar surface area (TPSA) is 51.2 Å². The van der Waals surface area contributed by atoms with Crippen LogP contribution in [0.25, 0.3) is 0 Å². The van der Waals surface area contributed by atoms with Crippen molar-refractivity contribution < 1.29 is 13.9 Å². The molecule has 1 aliphatic rings.